The molecule has 2 fully saturated rings. The summed E-state index contributed by atoms with van der Waals surface area (Å²) >= 11 is 3.04. The van der Waals surface area contributed by atoms with Crippen LogP contribution in [-0.4, -0.2) is 85.0 Å². The number of benzene rings is 4. The highest BCUT2D eigenvalue weighted by Crippen LogP contribution is 2.38. The van der Waals surface area contributed by atoms with Crippen LogP contribution in [0.25, 0.3) is 20.4 Å². The molecule has 0 amide bonds. The van der Waals surface area contributed by atoms with Crippen molar-refractivity contribution < 1.29 is 45.3 Å². The van der Waals surface area contributed by atoms with E-state index in [4.69, 9.17) is 19.4 Å². The second-order valence-electron chi connectivity index (χ2n) is 14.3. The summed E-state index contributed by atoms with van der Waals surface area (Å²) in [6.07, 6.45) is -6.76. The summed E-state index contributed by atoms with van der Waals surface area (Å²) in [5.41, 5.74) is 3.11. The van der Waals surface area contributed by atoms with Crippen molar-refractivity contribution in [3.63, 3.8) is 0 Å². The molecule has 8 nitrogen and oxygen atoms in total. The molecule has 8 rings (SSSR count). The first-order chi connectivity index (χ1) is 27.7. The molecule has 0 saturated carbocycles. The van der Waals surface area contributed by atoms with E-state index in [2.05, 4.69) is 33.4 Å². The van der Waals surface area contributed by atoms with Crippen LogP contribution in [0.4, 0.5) is 26.3 Å². The molecule has 308 valence electrons. The van der Waals surface area contributed by atoms with E-state index in [1.54, 1.807) is 35.6 Å². The van der Waals surface area contributed by atoms with Gasteiger partial charge in [0, 0.05) is 26.2 Å². The van der Waals surface area contributed by atoms with E-state index in [0.29, 0.717) is 5.56 Å². The van der Waals surface area contributed by atoms with Crippen molar-refractivity contribution in [1.29, 1.82) is 0 Å². The lowest BCUT2D eigenvalue weighted by Gasteiger charge is -2.31. The number of piperidine rings is 2. The number of likely N-dealkylation sites (tertiary alicyclic amines) is 2. The third-order valence-electron chi connectivity index (χ3n) is 9.87. The van der Waals surface area contributed by atoms with E-state index >= 15 is 0 Å². The van der Waals surface area contributed by atoms with Crippen LogP contribution in [0, 0.1) is 0 Å². The highest BCUT2D eigenvalue weighted by atomic mass is 32.1. The Bertz CT molecular complexity index is 2170. The number of para-hydroxylation sites is 2. The zero-order chi connectivity index (χ0) is 40.9. The van der Waals surface area contributed by atoms with E-state index in [9.17, 15) is 26.3 Å². The highest BCUT2D eigenvalue weighted by Gasteiger charge is 2.33. The van der Waals surface area contributed by atoms with Gasteiger partial charge in [-0.05, 0) is 99.4 Å². The molecule has 2 atom stereocenters. The Kier molecular flexibility index (Phi) is 13.2. The van der Waals surface area contributed by atoms with Crippen LogP contribution >= 0.6 is 22.7 Å². The number of aromatic nitrogens is 2. The van der Waals surface area contributed by atoms with Gasteiger partial charge in [-0.15, -0.1) is 49.0 Å². The summed E-state index contributed by atoms with van der Waals surface area (Å²) < 4.78 is 98.5. The van der Waals surface area contributed by atoms with Crippen molar-refractivity contribution >= 4 is 43.1 Å². The Morgan fingerprint density at radius 3 is 1.47 bits per heavy atom. The van der Waals surface area contributed by atoms with Crippen molar-refractivity contribution in [1.82, 2.24) is 19.8 Å². The van der Waals surface area contributed by atoms with Crippen LogP contribution in [0.1, 0.15) is 59.0 Å². The number of hydrogen-bond acceptors (Lipinski definition) is 10. The van der Waals surface area contributed by atoms with Crippen molar-refractivity contribution in [2.75, 3.05) is 40.3 Å². The normalized spacial score (nSPS) is 17.5. The van der Waals surface area contributed by atoms with Crippen molar-refractivity contribution in [3.05, 3.63) is 118 Å². The van der Waals surface area contributed by atoms with E-state index in [1.807, 2.05) is 48.5 Å². The van der Waals surface area contributed by atoms with Crippen LogP contribution in [0.15, 0.2) is 97.1 Å². The summed E-state index contributed by atoms with van der Waals surface area (Å²) in [5, 5.41) is 1.53. The summed E-state index contributed by atoms with van der Waals surface area (Å²) in [7, 11) is 4.15. The topological polar surface area (TPSA) is 69.2 Å². The first-order valence-electron chi connectivity index (χ1n) is 18.8. The number of thiazole rings is 2. The summed E-state index contributed by atoms with van der Waals surface area (Å²) in [6.45, 7) is 3.76. The van der Waals surface area contributed by atoms with Crippen LogP contribution in [0.2, 0.25) is 0 Å². The first kappa shape index (κ1) is 41.8. The van der Waals surface area contributed by atoms with Crippen molar-refractivity contribution in [2.45, 2.75) is 62.8 Å². The van der Waals surface area contributed by atoms with Crippen LogP contribution < -0.4 is 9.47 Å². The number of halogens is 6. The van der Waals surface area contributed by atoms with Gasteiger partial charge < -0.3 is 28.7 Å². The molecule has 0 radical (unpaired) electrons. The third-order valence-corrected chi connectivity index (χ3v) is 12.0. The van der Waals surface area contributed by atoms with Gasteiger partial charge in [0.1, 0.15) is 33.7 Å². The number of ether oxygens (including phenoxy) is 4. The number of alkyl halides is 6. The van der Waals surface area contributed by atoms with E-state index < -0.39 is 24.9 Å². The Labute approximate surface area is 339 Å². The molecule has 58 heavy (non-hydrogen) atoms. The lowest BCUT2D eigenvalue weighted by molar-refractivity contribution is -0.275. The van der Waals surface area contributed by atoms with Gasteiger partial charge in [0.15, 0.2) is 0 Å². The maximum absolute atomic E-state index is 12.7. The van der Waals surface area contributed by atoms with Gasteiger partial charge >= 0.3 is 12.7 Å². The minimum absolute atomic E-state index is 0.0235. The monoisotopic (exact) mass is 844 g/mol. The van der Waals surface area contributed by atoms with Gasteiger partial charge in [-0.25, -0.2) is 9.97 Å². The lowest BCUT2D eigenvalue weighted by Crippen LogP contribution is -2.35. The quantitative estimate of drug-likeness (QED) is 0.126. The zero-order valence-electron chi connectivity index (χ0n) is 31.7. The smallest absolute Gasteiger partial charge is 0.406 e. The standard InChI is InChI=1S/2C21H21F3N2O2S/c1-26-11-9-15(10-12-26)27-19(20-25-17-7-2-3-8-18(17)29-20)14-5-4-6-16(13-14)28-21(22,23)24;1-26-12-10-15(11-13-26)27-19(20-25-17-4-2-3-5-18(17)29-20)14-6-8-16(9-7-14)28-21(22,23)24/h2-8,13,15,19H,9-12H2,1H3;2-9,15,19H,10-13H2,1H3. The molecule has 0 bridgehead atoms. The fourth-order valence-electron chi connectivity index (χ4n) is 6.91. The predicted molar refractivity (Wildman–Crippen MR) is 212 cm³/mol. The van der Waals surface area contributed by atoms with Gasteiger partial charge in [0.05, 0.1) is 32.6 Å². The second kappa shape index (κ2) is 18.3. The Hall–Kier alpha value is -4.32. The molecule has 4 heterocycles. The molecular weight excluding hydrogens is 803 g/mol. The molecule has 2 unspecified atom stereocenters. The van der Waals surface area contributed by atoms with Gasteiger partial charge in [-0.1, -0.05) is 48.5 Å². The van der Waals surface area contributed by atoms with Crippen molar-refractivity contribution in [2.24, 2.45) is 0 Å². The molecule has 0 spiro atoms. The zero-order valence-corrected chi connectivity index (χ0v) is 33.3. The molecule has 0 aliphatic carbocycles. The maximum Gasteiger partial charge on any atom is 0.573 e. The number of hydrogen-bond donors (Lipinski definition) is 0. The van der Waals surface area contributed by atoms with E-state index in [0.717, 1.165) is 87.9 Å². The summed E-state index contributed by atoms with van der Waals surface area (Å²) in [4.78, 5) is 13.9. The van der Waals surface area contributed by atoms with E-state index in [-0.39, 0.29) is 23.7 Å². The summed E-state index contributed by atoms with van der Waals surface area (Å²) in [5.74, 6) is -0.503. The van der Waals surface area contributed by atoms with Gasteiger partial charge in [0.2, 0.25) is 0 Å². The molecule has 16 heteroatoms. The molecule has 2 aliphatic rings. The Morgan fingerprint density at radius 1 is 0.552 bits per heavy atom. The predicted octanol–water partition coefficient (Wildman–Crippen LogP) is 10.8. The minimum atomic E-state index is -4.74. The largest absolute Gasteiger partial charge is 0.573 e. The molecule has 4 aromatic carbocycles. The van der Waals surface area contributed by atoms with E-state index in [1.165, 1.54) is 35.6 Å². The fraction of sp³-hybridized carbons (Fsp3) is 0.381. The van der Waals surface area contributed by atoms with Crippen LogP contribution in [-0.2, 0) is 9.47 Å². The number of fused-ring (bicyclic) bond motifs is 2. The molecule has 2 aliphatic heterocycles. The SMILES string of the molecule is CN1CCC(OC(c2ccc(OC(F)(F)F)cc2)c2nc3ccccc3s2)CC1.CN1CCC(OC(c2cccc(OC(F)(F)F)c2)c2nc3ccccc3s2)CC1. The molecule has 0 N–H and O–H groups in total. The fourth-order valence-corrected chi connectivity index (χ4v) is 8.97. The lowest BCUT2D eigenvalue weighted by atomic mass is 10.1. The highest BCUT2D eigenvalue weighted by molar-refractivity contribution is 7.19. The van der Waals surface area contributed by atoms with Gasteiger partial charge in [-0.3, -0.25) is 0 Å². The molecular formula is C42H42F6N4O4S2. The van der Waals surface area contributed by atoms with Crippen LogP contribution in [0.3, 0.4) is 0 Å². The number of nitrogens with zero attached hydrogens (tertiary/aromatic N) is 4. The van der Waals surface area contributed by atoms with Crippen LogP contribution in [0.5, 0.6) is 11.5 Å². The second-order valence-corrected chi connectivity index (χ2v) is 16.4. The Balaban J connectivity index is 0.000000177. The maximum atomic E-state index is 12.7. The minimum Gasteiger partial charge on any atom is -0.406 e. The average molecular weight is 845 g/mol. The molecule has 2 saturated heterocycles. The first-order valence-corrected chi connectivity index (χ1v) is 20.5. The van der Waals surface area contributed by atoms with Crippen molar-refractivity contribution in [3.8, 4) is 11.5 Å². The molecule has 2 aromatic heterocycles. The Morgan fingerprint density at radius 2 is 1.00 bits per heavy atom. The summed E-state index contributed by atoms with van der Waals surface area (Å²) in [6, 6.07) is 27.5. The van der Waals surface area contributed by atoms with Gasteiger partial charge in [0.25, 0.3) is 0 Å². The average Bonchev–Trinajstić information content (AvgIpc) is 3.82. The third kappa shape index (κ3) is 11.4. The number of rotatable bonds is 10. The van der Waals surface area contributed by atoms with Gasteiger partial charge in [-0.2, -0.15) is 0 Å². The molecule has 6 aromatic rings.